The van der Waals surface area contributed by atoms with Gasteiger partial charge in [0.2, 0.25) is 5.76 Å². The number of furan rings is 1. The molecule has 2 nitrogen and oxygen atoms in total. The molecule has 1 heterocycles. The quantitative estimate of drug-likeness (QED) is 0.689. The fourth-order valence-corrected chi connectivity index (χ4v) is 1.76. The molecular weight excluding hydrogens is 265 g/mol. The van der Waals surface area contributed by atoms with Gasteiger partial charge in [0.15, 0.2) is 0 Å². The minimum Gasteiger partial charge on any atom is -0.444 e. The van der Waals surface area contributed by atoms with E-state index in [-0.39, 0.29) is 0 Å². The van der Waals surface area contributed by atoms with E-state index in [0.717, 1.165) is 14.5 Å². The molecule has 0 saturated carbocycles. The zero-order chi connectivity index (χ0) is 8.55. The Morgan fingerprint density at radius 3 is 2.75 bits per heavy atom. The van der Waals surface area contributed by atoms with Crippen LogP contribution in [0.3, 0.4) is 0 Å². The van der Waals surface area contributed by atoms with Gasteiger partial charge in [-0.2, -0.15) is 5.26 Å². The molecule has 0 atom stereocenters. The van der Waals surface area contributed by atoms with Crippen LogP contribution in [0, 0.1) is 14.9 Å². The number of fused-ring (bicyclic) bond motifs is 1. The van der Waals surface area contributed by atoms with Crippen molar-refractivity contribution < 1.29 is 4.42 Å². The Bertz CT molecular complexity index is 467. The average molecular weight is 269 g/mol. The Morgan fingerprint density at radius 2 is 2.08 bits per heavy atom. The van der Waals surface area contributed by atoms with E-state index in [4.69, 9.17) is 9.68 Å². The summed E-state index contributed by atoms with van der Waals surface area (Å²) < 4.78 is 6.17. The molecule has 0 spiro atoms. The van der Waals surface area contributed by atoms with Crippen LogP contribution in [0.4, 0.5) is 0 Å². The van der Waals surface area contributed by atoms with Crippen molar-refractivity contribution in [2.75, 3.05) is 0 Å². The van der Waals surface area contributed by atoms with Gasteiger partial charge in [0.25, 0.3) is 0 Å². The molecule has 0 unspecified atom stereocenters. The Balaban J connectivity index is 2.90. The smallest absolute Gasteiger partial charge is 0.218 e. The van der Waals surface area contributed by atoms with E-state index < -0.39 is 0 Å². The maximum atomic E-state index is 8.67. The van der Waals surface area contributed by atoms with Crippen molar-refractivity contribution in [1.82, 2.24) is 0 Å². The molecule has 2 rings (SSSR count). The highest BCUT2D eigenvalue weighted by Crippen LogP contribution is 2.26. The van der Waals surface area contributed by atoms with E-state index in [1.807, 2.05) is 30.3 Å². The Morgan fingerprint density at radius 1 is 1.33 bits per heavy atom. The number of nitriles is 1. The number of halogens is 1. The lowest BCUT2D eigenvalue weighted by molar-refractivity contribution is 0.597. The highest BCUT2D eigenvalue weighted by Gasteiger charge is 2.09. The first-order valence-corrected chi connectivity index (χ1v) is 4.48. The average Bonchev–Trinajstić information content (AvgIpc) is 2.44. The number of benzene rings is 1. The van der Waals surface area contributed by atoms with Gasteiger partial charge in [0.1, 0.15) is 11.7 Å². The largest absolute Gasteiger partial charge is 0.444 e. The van der Waals surface area contributed by atoms with E-state index >= 15 is 0 Å². The molecular formula is C9H4INO. The van der Waals surface area contributed by atoms with Crippen molar-refractivity contribution >= 4 is 33.6 Å². The normalized spacial score (nSPS) is 10.0. The zero-order valence-electron chi connectivity index (χ0n) is 6.04. The van der Waals surface area contributed by atoms with E-state index in [0.29, 0.717) is 5.76 Å². The lowest BCUT2D eigenvalue weighted by atomic mass is 10.2. The van der Waals surface area contributed by atoms with Gasteiger partial charge in [-0.3, -0.25) is 0 Å². The number of hydrogen-bond acceptors (Lipinski definition) is 2. The number of rotatable bonds is 0. The molecule has 0 aliphatic rings. The van der Waals surface area contributed by atoms with Gasteiger partial charge in [-0.25, -0.2) is 0 Å². The maximum absolute atomic E-state index is 8.67. The molecule has 58 valence electrons. The van der Waals surface area contributed by atoms with Gasteiger partial charge >= 0.3 is 0 Å². The summed E-state index contributed by atoms with van der Waals surface area (Å²) in [6.45, 7) is 0. The fourth-order valence-electron chi connectivity index (χ4n) is 1.09. The van der Waals surface area contributed by atoms with Crippen LogP contribution in [0.25, 0.3) is 11.0 Å². The monoisotopic (exact) mass is 269 g/mol. The molecule has 0 fully saturated rings. The van der Waals surface area contributed by atoms with Crippen LogP contribution in [0.2, 0.25) is 0 Å². The van der Waals surface area contributed by atoms with Crippen molar-refractivity contribution in [3.8, 4) is 6.07 Å². The van der Waals surface area contributed by atoms with Crippen LogP contribution in [0.5, 0.6) is 0 Å². The maximum Gasteiger partial charge on any atom is 0.218 e. The molecule has 0 bridgehead atoms. The third-order valence-electron chi connectivity index (χ3n) is 1.64. The van der Waals surface area contributed by atoms with E-state index in [9.17, 15) is 0 Å². The van der Waals surface area contributed by atoms with Gasteiger partial charge in [0.05, 0.1) is 3.57 Å². The first kappa shape index (κ1) is 7.62. The summed E-state index contributed by atoms with van der Waals surface area (Å²) in [6, 6.07) is 9.64. The van der Waals surface area contributed by atoms with E-state index in [2.05, 4.69) is 22.6 Å². The third-order valence-corrected chi connectivity index (χ3v) is 2.71. The summed E-state index contributed by atoms with van der Waals surface area (Å²) in [5.41, 5.74) is 0.776. The minimum atomic E-state index is 0.400. The molecule has 2 aromatic rings. The predicted octanol–water partition coefficient (Wildman–Crippen LogP) is 2.91. The Hall–Kier alpha value is -1.02. The molecule has 0 saturated heterocycles. The Labute approximate surface area is 82.9 Å². The van der Waals surface area contributed by atoms with Gasteiger partial charge in [-0.15, -0.1) is 0 Å². The number of nitrogens with zero attached hydrogens (tertiary/aromatic N) is 1. The predicted molar refractivity (Wildman–Crippen MR) is 53.6 cm³/mol. The molecule has 0 amide bonds. The SMILES string of the molecule is N#Cc1oc2ccccc2c1I. The lowest BCUT2D eigenvalue weighted by Gasteiger charge is -1.83. The summed E-state index contributed by atoms with van der Waals surface area (Å²) in [5.74, 6) is 0.400. The van der Waals surface area contributed by atoms with Crippen molar-refractivity contribution in [2.45, 2.75) is 0 Å². The Kier molecular flexibility index (Phi) is 1.77. The first-order chi connectivity index (χ1) is 5.83. The molecule has 12 heavy (non-hydrogen) atoms. The standard InChI is InChI=1S/C9H4INO/c10-9-6-3-1-2-4-7(6)12-8(9)5-11/h1-4H. The van der Waals surface area contributed by atoms with Crippen LogP contribution in [0.15, 0.2) is 28.7 Å². The van der Waals surface area contributed by atoms with Crippen molar-refractivity contribution in [3.63, 3.8) is 0 Å². The summed E-state index contributed by atoms with van der Waals surface area (Å²) in [5, 5.41) is 9.68. The highest BCUT2D eigenvalue weighted by molar-refractivity contribution is 14.1. The second kappa shape index (κ2) is 2.79. The number of hydrogen-bond donors (Lipinski definition) is 0. The summed E-state index contributed by atoms with van der Waals surface area (Å²) in [6.07, 6.45) is 0. The topological polar surface area (TPSA) is 36.9 Å². The van der Waals surface area contributed by atoms with Crippen LogP contribution < -0.4 is 0 Å². The molecule has 0 radical (unpaired) electrons. The van der Waals surface area contributed by atoms with Gasteiger partial charge in [0, 0.05) is 5.39 Å². The molecule has 1 aromatic heterocycles. The zero-order valence-corrected chi connectivity index (χ0v) is 8.20. The highest BCUT2D eigenvalue weighted by atomic mass is 127. The van der Waals surface area contributed by atoms with Crippen LogP contribution in [-0.2, 0) is 0 Å². The van der Waals surface area contributed by atoms with Gasteiger partial charge in [-0.05, 0) is 34.7 Å². The number of para-hydroxylation sites is 1. The second-order valence-corrected chi connectivity index (χ2v) is 3.43. The summed E-state index contributed by atoms with van der Waals surface area (Å²) in [7, 11) is 0. The van der Waals surface area contributed by atoms with Gasteiger partial charge in [-0.1, -0.05) is 12.1 Å². The molecule has 0 aliphatic carbocycles. The van der Waals surface area contributed by atoms with E-state index in [1.165, 1.54) is 0 Å². The van der Waals surface area contributed by atoms with Crippen LogP contribution in [-0.4, -0.2) is 0 Å². The first-order valence-electron chi connectivity index (χ1n) is 3.40. The third kappa shape index (κ3) is 0.994. The van der Waals surface area contributed by atoms with E-state index in [1.54, 1.807) is 0 Å². The molecule has 0 N–H and O–H groups in total. The second-order valence-electron chi connectivity index (χ2n) is 2.35. The van der Waals surface area contributed by atoms with Gasteiger partial charge < -0.3 is 4.42 Å². The van der Waals surface area contributed by atoms with Crippen LogP contribution in [0.1, 0.15) is 5.76 Å². The fraction of sp³-hybridized carbons (Fsp3) is 0. The summed E-state index contributed by atoms with van der Waals surface area (Å²) in [4.78, 5) is 0. The lowest BCUT2D eigenvalue weighted by Crippen LogP contribution is -1.69. The van der Waals surface area contributed by atoms with Crippen molar-refractivity contribution in [2.24, 2.45) is 0 Å². The minimum absolute atomic E-state index is 0.400. The molecule has 3 heteroatoms. The van der Waals surface area contributed by atoms with Crippen molar-refractivity contribution in [3.05, 3.63) is 33.6 Å². The molecule has 1 aromatic carbocycles. The molecule has 0 aliphatic heterocycles. The van der Waals surface area contributed by atoms with Crippen molar-refractivity contribution in [1.29, 1.82) is 5.26 Å². The van der Waals surface area contributed by atoms with Crippen LogP contribution >= 0.6 is 22.6 Å². The summed E-state index contributed by atoms with van der Waals surface area (Å²) >= 11 is 2.12.